The zero-order valence-corrected chi connectivity index (χ0v) is 14.7. The van der Waals surface area contributed by atoms with Crippen molar-refractivity contribution in [3.63, 3.8) is 0 Å². The van der Waals surface area contributed by atoms with Crippen LogP contribution in [0.2, 0.25) is 0 Å². The monoisotopic (exact) mass is 416 g/mol. The van der Waals surface area contributed by atoms with Crippen molar-refractivity contribution in [3.05, 3.63) is 49.0 Å². The fourth-order valence-corrected chi connectivity index (χ4v) is 4.66. The van der Waals surface area contributed by atoms with E-state index >= 15 is 0 Å². The van der Waals surface area contributed by atoms with Crippen LogP contribution in [0.15, 0.2) is 38.6 Å². The van der Waals surface area contributed by atoms with Gasteiger partial charge in [0.1, 0.15) is 5.75 Å². The molecule has 2 unspecified atom stereocenters. The zero-order chi connectivity index (χ0) is 14.1. The van der Waals surface area contributed by atoms with Gasteiger partial charge >= 0.3 is 0 Å². The topological polar surface area (TPSA) is 29.5 Å². The molecule has 1 aromatic heterocycles. The second kappa shape index (κ2) is 6.18. The lowest BCUT2D eigenvalue weighted by atomic mass is 9.88. The molecular weight excluding hydrogens is 404 g/mol. The second-order valence-electron chi connectivity index (χ2n) is 4.89. The molecule has 2 aromatic rings. The highest BCUT2D eigenvalue weighted by molar-refractivity contribution is 9.13. The predicted molar refractivity (Wildman–Crippen MR) is 88.6 cm³/mol. The average Bonchev–Trinajstić information content (AvgIpc) is 2.79. The Balaban J connectivity index is 1.78. The van der Waals surface area contributed by atoms with Crippen molar-refractivity contribution in [3.8, 4) is 5.75 Å². The van der Waals surface area contributed by atoms with Gasteiger partial charge in [-0.25, -0.2) is 0 Å². The Labute approximate surface area is 139 Å². The summed E-state index contributed by atoms with van der Waals surface area (Å²) in [6, 6.07) is 10.1. The van der Waals surface area contributed by atoms with E-state index in [1.54, 1.807) is 11.3 Å². The van der Waals surface area contributed by atoms with Gasteiger partial charge in [0.2, 0.25) is 0 Å². The molecule has 2 nitrogen and oxygen atoms in total. The molecule has 0 fully saturated rings. The molecule has 1 aliphatic heterocycles. The van der Waals surface area contributed by atoms with E-state index in [1.807, 2.05) is 24.3 Å². The molecule has 0 saturated heterocycles. The summed E-state index contributed by atoms with van der Waals surface area (Å²) in [6.07, 6.45) is 1.26. The molecule has 106 valence electrons. The summed E-state index contributed by atoms with van der Waals surface area (Å²) >= 11 is 8.52. The summed E-state index contributed by atoms with van der Waals surface area (Å²) in [6.45, 7) is 0.728. The van der Waals surface area contributed by atoms with Crippen molar-refractivity contribution in [2.45, 2.75) is 24.9 Å². The molecule has 20 heavy (non-hydrogen) atoms. The number of thiophene rings is 1. The minimum absolute atomic E-state index is 0.356. The lowest BCUT2D eigenvalue weighted by Crippen LogP contribution is -2.16. The third-order valence-electron chi connectivity index (χ3n) is 3.58. The number of ether oxygens (including phenoxy) is 1. The molecule has 2 atom stereocenters. The van der Waals surface area contributed by atoms with Gasteiger partial charge < -0.3 is 9.84 Å². The Kier molecular flexibility index (Phi) is 4.50. The lowest BCUT2D eigenvalue weighted by Gasteiger charge is -2.27. The maximum atomic E-state index is 10.5. The van der Waals surface area contributed by atoms with Crippen LogP contribution in [0, 0.1) is 0 Å². The van der Waals surface area contributed by atoms with Crippen LogP contribution in [-0.4, -0.2) is 11.7 Å². The first-order valence-corrected chi connectivity index (χ1v) is 8.90. The number of halogens is 2. The number of hydrogen-bond donors (Lipinski definition) is 1. The fraction of sp³-hybridized carbons (Fsp3) is 0.333. The minimum atomic E-state index is -0.432. The van der Waals surface area contributed by atoms with Gasteiger partial charge in [0.05, 0.1) is 16.5 Å². The van der Waals surface area contributed by atoms with Crippen molar-refractivity contribution in [1.82, 2.24) is 0 Å². The molecule has 0 saturated carbocycles. The summed E-state index contributed by atoms with van der Waals surface area (Å²) in [7, 11) is 0. The maximum Gasteiger partial charge on any atom is 0.122 e. The first-order valence-electron chi connectivity index (χ1n) is 6.49. The molecule has 0 amide bonds. The summed E-state index contributed by atoms with van der Waals surface area (Å²) in [4.78, 5) is 0.993. The van der Waals surface area contributed by atoms with Gasteiger partial charge in [0, 0.05) is 9.35 Å². The first-order chi connectivity index (χ1) is 9.65. The number of fused-ring (bicyclic) bond motifs is 1. The number of benzene rings is 1. The maximum absolute atomic E-state index is 10.5. The standard InChI is InChI=1S/C15H14Br2O2S/c16-11-8-14(20-15(11)17)12(18)7-9-5-6-19-13-4-2-1-3-10(9)13/h1-4,8-9,12,18H,5-7H2. The normalized spacial score (nSPS) is 19.2. The van der Waals surface area contributed by atoms with E-state index < -0.39 is 6.10 Å². The van der Waals surface area contributed by atoms with Crippen molar-refractivity contribution in [2.24, 2.45) is 0 Å². The molecule has 1 aliphatic rings. The molecule has 3 rings (SSSR count). The summed E-state index contributed by atoms with van der Waals surface area (Å²) < 4.78 is 7.70. The van der Waals surface area contributed by atoms with Crippen LogP contribution in [0.5, 0.6) is 5.75 Å². The fourth-order valence-electron chi connectivity index (χ4n) is 2.57. The van der Waals surface area contributed by atoms with Crippen molar-refractivity contribution < 1.29 is 9.84 Å². The van der Waals surface area contributed by atoms with E-state index in [1.165, 1.54) is 5.56 Å². The van der Waals surface area contributed by atoms with Gasteiger partial charge in [-0.05, 0) is 68.3 Å². The van der Waals surface area contributed by atoms with Gasteiger partial charge in [0.25, 0.3) is 0 Å². The highest BCUT2D eigenvalue weighted by Crippen LogP contribution is 2.42. The van der Waals surface area contributed by atoms with E-state index in [0.29, 0.717) is 5.92 Å². The van der Waals surface area contributed by atoms with Crippen LogP contribution >= 0.6 is 43.2 Å². The molecule has 1 aromatic carbocycles. The van der Waals surface area contributed by atoms with E-state index in [4.69, 9.17) is 4.74 Å². The number of rotatable bonds is 3. The average molecular weight is 418 g/mol. The van der Waals surface area contributed by atoms with Gasteiger partial charge in [-0.15, -0.1) is 11.3 Å². The van der Waals surface area contributed by atoms with Crippen LogP contribution in [-0.2, 0) is 0 Å². The van der Waals surface area contributed by atoms with Crippen LogP contribution in [0.4, 0.5) is 0 Å². The van der Waals surface area contributed by atoms with Crippen LogP contribution in [0.1, 0.15) is 35.3 Å². The van der Waals surface area contributed by atoms with E-state index in [0.717, 1.165) is 38.3 Å². The largest absolute Gasteiger partial charge is 0.493 e. The second-order valence-corrected chi connectivity index (χ2v) is 8.15. The minimum Gasteiger partial charge on any atom is -0.493 e. The van der Waals surface area contributed by atoms with Crippen LogP contribution in [0.25, 0.3) is 0 Å². The molecule has 2 heterocycles. The first kappa shape index (κ1) is 14.6. The predicted octanol–water partition coefficient (Wildman–Crippen LogP) is 5.26. The van der Waals surface area contributed by atoms with Crippen molar-refractivity contribution in [2.75, 3.05) is 6.61 Å². The molecule has 1 N–H and O–H groups in total. The molecule has 0 radical (unpaired) electrons. The molecular formula is C15H14Br2O2S. The summed E-state index contributed by atoms with van der Waals surface area (Å²) in [5.41, 5.74) is 1.22. The quantitative estimate of drug-likeness (QED) is 0.737. The Hall–Kier alpha value is -0.360. The van der Waals surface area contributed by atoms with Gasteiger partial charge in [-0.2, -0.15) is 0 Å². The highest BCUT2D eigenvalue weighted by atomic mass is 79.9. The van der Waals surface area contributed by atoms with E-state index in [-0.39, 0.29) is 0 Å². The smallest absolute Gasteiger partial charge is 0.122 e. The Morgan fingerprint density at radius 2 is 2.15 bits per heavy atom. The third kappa shape index (κ3) is 2.96. The van der Waals surface area contributed by atoms with Gasteiger partial charge in [0.15, 0.2) is 0 Å². The number of aliphatic hydroxyl groups excluding tert-OH is 1. The zero-order valence-electron chi connectivity index (χ0n) is 10.7. The van der Waals surface area contributed by atoms with Crippen LogP contribution in [0.3, 0.4) is 0 Å². The summed E-state index contributed by atoms with van der Waals surface area (Å²) in [5, 5.41) is 10.5. The van der Waals surface area contributed by atoms with Crippen molar-refractivity contribution in [1.29, 1.82) is 0 Å². The number of aliphatic hydroxyl groups is 1. The van der Waals surface area contributed by atoms with Crippen molar-refractivity contribution >= 4 is 43.2 Å². The molecule has 5 heteroatoms. The Morgan fingerprint density at radius 1 is 1.35 bits per heavy atom. The molecule has 0 bridgehead atoms. The number of para-hydroxylation sites is 1. The molecule has 0 spiro atoms. The SMILES string of the molecule is OC(CC1CCOc2ccccc21)c1cc(Br)c(Br)s1. The number of hydrogen-bond acceptors (Lipinski definition) is 3. The summed E-state index contributed by atoms with van der Waals surface area (Å²) in [5.74, 6) is 1.32. The van der Waals surface area contributed by atoms with Gasteiger partial charge in [-0.1, -0.05) is 18.2 Å². The van der Waals surface area contributed by atoms with E-state index in [2.05, 4.69) is 37.9 Å². The highest BCUT2D eigenvalue weighted by Gasteiger charge is 2.25. The van der Waals surface area contributed by atoms with Crippen LogP contribution < -0.4 is 4.74 Å². The Morgan fingerprint density at radius 3 is 2.90 bits per heavy atom. The Bertz CT molecular complexity index is 592. The third-order valence-corrected chi connectivity index (χ3v) is 6.94. The van der Waals surface area contributed by atoms with E-state index in [9.17, 15) is 5.11 Å². The lowest BCUT2D eigenvalue weighted by molar-refractivity contribution is 0.148. The molecule has 0 aliphatic carbocycles. The van der Waals surface area contributed by atoms with Gasteiger partial charge in [-0.3, -0.25) is 0 Å².